The van der Waals surface area contributed by atoms with Gasteiger partial charge in [0, 0.05) is 61.3 Å². The van der Waals surface area contributed by atoms with Crippen LogP contribution in [0, 0.1) is 13.8 Å². The van der Waals surface area contributed by atoms with E-state index in [9.17, 15) is 18.0 Å². The second kappa shape index (κ2) is 11.9. The molecule has 4 heterocycles. The van der Waals surface area contributed by atoms with Crippen molar-refractivity contribution < 1.29 is 22.7 Å². The number of nitrogens with one attached hydrogen (secondary N) is 1. The van der Waals surface area contributed by atoms with Gasteiger partial charge < -0.3 is 14.5 Å². The number of carbonyl (C=O) groups is 2. The highest BCUT2D eigenvalue weighted by Crippen LogP contribution is 2.35. The molecule has 1 saturated heterocycles. The first kappa shape index (κ1) is 29.1. The first-order chi connectivity index (χ1) is 20.1. The van der Waals surface area contributed by atoms with Crippen molar-refractivity contribution >= 4 is 55.3 Å². The van der Waals surface area contributed by atoms with Gasteiger partial charge in [0.15, 0.2) is 9.99 Å². The maximum Gasteiger partial charge on any atom is 0.273 e. The Morgan fingerprint density at radius 3 is 2.45 bits per heavy atom. The molecule has 1 aliphatic heterocycles. The van der Waals surface area contributed by atoms with Crippen molar-refractivity contribution in [1.29, 1.82) is 0 Å². The largest absolute Gasteiger partial charge is 0.480 e. The van der Waals surface area contributed by atoms with Crippen molar-refractivity contribution in [2.75, 3.05) is 42.9 Å². The predicted molar refractivity (Wildman–Crippen MR) is 163 cm³/mol. The van der Waals surface area contributed by atoms with Crippen LogP contribution in [0.5, 0.6) is 5.88 Å². The normalized spacial score (nSPS) is 14.0. The minimum Gasteiger partial charge on any atom is -0.480 e. The summed E-state index contributed by atoms with van der Waals surface area (Å²) >= 11 is 1.10. The highest BCUT2D eigenvalue weighted by Gasteiger charge is 2.24. The Kier molecular flexibility index (Phi) is 8.23. The number of fused-ring (bicyclic) bond motifs is 1. The molecular formula is C29H30N6O5S2. The molecule has 0 unspecified atom stereocenters. The molecule has 0 saturated carbocycles. The lowest BCUT2D eigenvalue weighted by Gasteiger charge is -2.36. The van der Waals surface area contributed by atoms with Gasteiger partial charge in [-0.2, -0.15) is 0 Å². The highest BCUT2D eigenvalue weighted by molar-refractivity contribution is 7.94. The SMILES string of the molecule is COc1ncc(-c2ccc3nccc(N4CCN(C(=O)C=CC(C)=O)CC4)c3c2)cc1NS(=O)(=O)c1sc(C)nc1C. The smallest absolute Gasteiger partial charge is 0.273 e. The van der Waals surface area contributed by atoms with E-state index in [2.05, 4.69) is 24.6 Å². The second-order valence-corrected chi connectivity index (χ2v) is 12.9. The number of anilines is 2. The van der Waals surface area contributed by atoms with E-state index >= 15 is 0 Å². The Bertz CT molecular complexity index is 1810. The van der Waals surface area contributed by atoms with Crippen LogP contribution in [-0.4, -0.2) is 73.2 Å². The summed E-state index contributed by atoms with van der Waals surface area (Å²) in [4.78, 5) is 40.7. The number of piperazine rings is 1. The van der Waals surface area contributed by atoms with Gasteiger partial charge in [0.2, 0.25) is 11.8 Å². The van der Waals surface area contributed by atoms with Crippen LogP contribution < -0.4 is 14.4 Å². The fourth-order valence-electron chi connectivity index (χ4n) is 4.85. The van der Waals surface area contributed by atoms with E-state index in [0.29, 0.717) is 42.4 Å². The molecule has 0 aliphatic carbocycles. The van der Waals surface area contributed by atoms with Gasteiger partial charge in [0.1, 0.15) is 5.69 Å². The fraction of sp³-hybridized carbons (Fsp3) is 0.276. The van der Waals surface area contributed by atoms with E-state index in [1.165, 1.54) is 26.2 Å². The zero-order valence-electron chi connectivity index (χ0n) is 23.6. The minimum absolute atomic E-state index is 0.144. The molecule has 0 spiro atoms. The van der Waals surface area contributed by atoms with Crippen molar-refractivity contribution in [2.24, 2.45) is 0 Å². The molecule has 0 bridgehead atoms. The molecule has 4 aromatic rings. The summed E-state index contributed by atoms with van der Waals surface area (Å²) in [6.07, 6.45) is 6.01. The van der Waals surface area contributed by atoms with Gasteiger partial charge >= 0.3 is 0 Å². The zero-order valence-corrected chi connectivity index (χ0v) is 25.3. The predicted octanol–water partition coefficient (Wildman–Crippen LogP) is 3.97. The van der Waals surface area contributed by atoms with Gasteiger partial charge in [-0.05, 0) is 56.7 Å². The number of ketones is 1. The number of thiazole rings is 1. The third-order valence-electron chi connectivity index (χ3n) is 6.84. The average Bonchev–Trinajstić information content (AvgIpc) is 3.33. The summed E-state index contributed by atoms with van der Waals surface area (Å²) in [6, 6.07) is 9.48. The topological polar surface area (TPSA) is 135 Å². The van der Waals surface area contributed by atoms with Crippen LogP contribution in [-0.2, 0) is 19.6 Å². The lowest BCUT2D eigenvalue weighted by atomic mass is 10.0. The van der Waals surface area contributed by atoms with Crippen LogP contribution >= 0.6 is 11.3 Å². The molecule has 1 aliphatic rings. The summed E-state index contributed by atoms with van der Waals surface area (Å²) in [5, 5.41) is 1.57. The van der Waals surface area contributed by atoms with Crippen LogP contribution in [0.25, 0.3) is 22.0 Å². The number of methoxy groups -OCH3 is 1. The summed E-state index contributed by atoms with van der Waals surface area (Å²) in [6.45, 7) is 7.12. The van der Waals surface area contributed by atoms with Crippen molar-refractivity contribution in [3.63, 3.8) is 0 Å². The maximum atomic E-state index is 13.2. The standard InChI is InChI=1S/C29H30N6O5S2/c1-18(36)5-8-27(37)35-13-11-34(12-14-35)26-9-10-30-24-7-6-21(15-23(24)26)22-16-25(28(40-4)31-17-22)33-42(38,39)29-19(2)32-20(3)41-29/h5-10,15-17,33H,11-14H2,1-4H3. The first-order valence-electron chi connectivity index (χ1n) is 13.2. The van der Waals surface area contributed by atoms with E-state index in [1.54, 1.807) is 37.2 Å². The van der Waals surface area contributed by atoms with E-state index < -0.39 is 10.0 Å². The molecule has 11 nitrogen and oxygen atoms in total. The van der Waals surface area contributed by atoms with Crippen LogP contribution in [0.1, 0.15) is 17.6 Å². The summed E-state index contributed by atoms with van der Waals surface area (Å²) < 4.78 is 34.5. The Labute approximate surface area is 247 Å². The number of ether oxygens (including phenoxy) is 1. The average molecular weight is 607 g/mol. The fourth-order valence-corrected chi connectivity index (χ4v) is 7.38. The minimum atomic E-state index is -3.91. The lowest BCUT2D eigenvalue weighted by molar-refractivity contribution is -0.126. The number of hydrogen-bond acceptors (Lipinski definition) is 10. The van der Waals surface area contributed by atoms with Gasteiger partial charge in [0.25, 0.3) is 10.0 Å². The van der Waals surface area contributed by atoms with Gasteiger partial charge in [-0.15, -0.1) is 11.3 Å². The van der Waals surface area contributed by atoms with E-state index in [0.717, 1.165) is 33.5 Å². The Balaban J connectivity index is 1.43. The second-order valence-electron chi connectivity index (χ2n) is 9.81. The molecule has 1 aromatic carbocycles. The number of sulfonamides is 1. The third-order valence-corrected chi connectivity index (χ3v) is 9.89. The Morgan fingerprint density at radius 1 is 1.02 bits per heavy atom. The number of pyridine rings is 2. The van der Waals surface area contributed by atoms with Crippen molar-refractivity contribution in [3.8, 4) is 17.0 Å². The number of carbonyl (C=O) groups excluding carboxylic acids is 2. The highest BCUT2D eigenvalue weighted by atomic mass is 32.2. The van der Waals surface area contributed by atoms with E-state index in [-0.39, 0.29) is 27.5 Å². The van der Waals surface area contributed by atoms with E-state index in [4.69, 9.17) is 4.74 Å². The molecule has 0 radical (unpaired) electrons. The Hall–Kier alpha value is -4.36. The van der Waals surface area contributed by atoms with Crippen LogP contribution in [0.4, 0.5) is 11.4 Å². The number of benzene rings is 1. The monoisotopic (exact) mass is 606 g/mol. The number of allylic oxidation sites excluding steroid dienone is 1. The van der Waals surface area contributed by atoms with Crippen molar-refractivity contribution in [1.82, 2.24) is 19.9 Å². The van der Waals surface area contributed by atoms with Crippen LogP contribution in [0.15, 0.2) is 59.1 Å². The Morgan fingerprint density at radius 2 is 1.79 bits per heavy atom. The van der Waals surface area contributed by atoms with Crippen LogP contribution in [0.2, 0.25) is 0 Å². The molecule has 1 N–H and O–H groups in total. The van der Waals surface area contributed by atoms with Gasteiger partial charge in [-0.1, -0.05) is 6.07 Å². The number of rotatable bonds is 8. The summed E-state index contributed by atoms with van der Waals surface area (Å²) in [7, 11) is -2.48. The third kappa shape index (κ3) is 6.11. The summed E-state index contributed by atoms with van der Waals surface area (Å²) in [5.41, 5.74) is 3.94. The van der Waals surface area contributed by atoms with E-state index in [1.807, 2.05) is 24.3 Å². The van der Waals surface area contributed by atoms with Crippen molar-refractivity contribution in [3.05, 3.63) is 65.6 Å². The maximum absolute atomic E-state index is 13.2. The first-order valence-corrected chi connectivity index (χ1v) is 15.5. The number of nitrogens with zero attached hydrogens (tertiary/aromatic N) is 5. The number of amides is 1. The molecular weight excluding hydrogens is 576 g/mol. The molecule has 3 aromatic heterocycles. The summed E-state index contributed by atoms with van der Waals surface area (Å²) in [5.74, 6) is -0.191. The van der Waals surface area contributed by atoms with Gasteiger partial charge in [0.05, 0.1) is 23.3 Å². The molecule has 1 amide bonds. The van der Waals surface area contributed by atoms with Crippen LogP contribution in [0.3, 0.4) is 0 Å². The molecule has 218 valence electrons. The molecule has 5 rings (SSSR count). The molecule has 0 atom stereocenters. The number of aromatic nitrogens is 3. The van der Waals surface area contributed by atoms with Crippen molar-refractivity contribution in [2.45, 2.75) is 25.0 Å². The van der Waals surface area contributed by atoms with Gasteiger partial charge in [-0.3, -0.25) is 19.3 Å². The quantitative estimate of drug-likeness (QED) is 0.296. The molecule has 13 heteroatoms. The lowest BCUT2D eigenvalue weighted by Crippen LogP contribution is -2.48. The molecule has 1 fully saturated rings. The number of hydrogen-bond donors (Lipinski definition) is 1. The number of aryl methyl sites for hydroxylation is 2. The van der Waals surface area contributed by atoms with Gasteiger partial charge in [-0.25, -0.2) is 18.4 Å². The molecule has 42 heavy (non-hydrogen) atoms. The zero-order chi connectivity index (χ0) is 30.0.